The summed E-state index contributed by atoms with van der Waals surface area (Å²) in [6.45, 7) is 3.63. The van der Waals surface area contributed by atoms with Gasteiger partial charge in [-0.2, -0.15) is 0 Å². The van der Waals surface area contributed by atoms with Gasteiger partial charge in [-0.25, -0.2) is 9.78 Å². The smallest absolute Gasteiger partial charge is 0.339 e. The lowest BCUT2D eigenvalue weighted by molar-refractivity contribution is 0.0697. The van der Waals surface area contributed by atoms with Crippen molar-refractivity contribution in [3.63, 3.8) is 0 Å². The summed E-state index contributed by atoms with van der Waals surface area (Å²) in [6, 6.07) is 9.32. The topological polar surface area (TPSA) is 53.4 Å². The van der Waals surface area contributed by atoms with Gasteiger partial charge in [0.05, 0.1) is 5.52 Å². The van der Waals surface area contributed by atoms with E-state index in [1.165, 1.54) is 5.57 Å². The Bertz CT molecular complexity index is 707. The fourth-order valence-electron chi connectivity index (χ4n) is 2.47. The van der Waals surface area contributed by atoms with Crippen LogP contribution < -0.4 is 4.90 Å². The quantitative estimate of drug-likeness (QED) is 0.850. The van der Waals surface area contributed by atoms with E-state index in [9.17, 15) is 9.90 Å². The van der Waals surface area contributed by atoms with Gasteiger partial charge < -0.3 is 10.0 Å². The van der Waals surface area contributed by atoms with Crippen molar-refractivity contribution < 1.29 is 9.90 Å². The van der Waals surface area contributed by atoms with E-state index in [2.05, 4.69) is 18.0 Å². The van der Waals surface area contributed by atoms with Crippen LogP contribution in [0, 0.1) is 0 Å². The summed E-state index contributed by atoms with van der Waals surface area (Å²) in [7, 11) is 0. The Morgan fingerprint density at radius 2 is 2.15 bits per heavy atom. The van der Waals surface area contributed by atoms with E-state index in [4.69, 9.17) is 0 Å². The molecule has 1 aliphatic rings. The minimum atomic E-state index is -0.926. The lowest BCUT2D eigenvalue weighted by atomic mass is 10.1. The van der Waals surface area contributed by atoms with Crippen LogP contribution >= 0.6 is 0 Å². The average Bonchev–Trinajstić information content (AvgIpc) is 2.46. The molecule has 1 aromatic carbocycles. The van der Waals surface area contributed by atoms with Crippen molar-refractivity contribution in [3.05, 3.63) is 47.5 Å². The Balaban J connectivity index is 2.12. The van der Waals surface area contributed by atoms with E-state index in [1.54, 1.807) is 6.07 Å². The molecule has 2 heterocycles. The summed E-state index contributed by atoms with van der Waals surface area (Å²) in [5.74, 6) is -0.357. The highest BCUT2D eigenvalue weighted by atomic mass is 16.4. The van der Waals surface area contributed by atoms with Gasteiger partial charge in [-0.1, -0.05) is 29.8 Å². The third-order valence-corrected chi connectivity index (χ3v) is 3.67. The lowest BCUT2D eigenvalue weighted by Crippen LogP contribution is -2.30. The highest BCUT2D eigenvalue weighted by Crippen LogP contribution is 2.26. The van der Waals surface area contributed by atoms with Crippen LogP contribution in [0.3, 0.4) is 0 Å². The maximum Gasteiger partial charge on any atom is 0.339 e. The first-order valence-corrected chi connectivity index (χ1v) is 6.69. The molecule has 20 heavy (non-hydrogen) atoms. The number of benzene rings is 1. The second-order valence-electron chi connectivity index (χ2n) is 5.10. The Morgan fingerprint density at radius 1 is 1.35 bits per heavy atom. The van der Waals surface area contributed by atoms with Crippen molar-refractivity contribution in [2.75, 3.05) is 18.0 Å². The maximum absolute atomic E-state index is 11.5. The number of aromatic carboxylic acids is 1. The van der Waals surface area contributed by atoms with E-state index in [0.717, 1.165) is 30.4 Å². The highest BCUT2D eigenvalue weighted by molar-refractivity contribution is 5.98. The van der Waals surface area contributed by atoms with Gasteiger partial charge in [-0.05, 0) is 25.5 Å². The number of pyridine rings is 1. The molecular weight excluding hydrogens is 252 g/mol. The molecule has 0 spiro atoms. The number of aromatic nitrogens is 1. The Hall–Kier alpha value is -2.36. The summed E-state index contributed by atoms with van der Waals surface area (Å²) in [4.78, 5) is 18.1. The largest absolute Gasteiger partial charge is 0.478 e. The van der Waals surface area contributed by atoms with Crippen LogP contribution in [0.15, 0.2) is 42.0 Å². The van der Waals surface area contributed by atoms with Gasteiger partial charge in [-0.3, -0.25) is 0 Å². The average molecular weight is 268 g/mol. The standard InChI is InChI=1S/C16H16N2O2/c1-11-6-8-18(9-7-11)15-13(16(19)20)10-12-4-2-3-5-14(12)17-15/h2-6,10H,7-9H2,1H3,(H,19,20). The van der Waals surface area contributed by atoms with Crippen molar-refractivity contribution in [1.29, 1.82) is 0 Å². The predicted octanol–water partition coefficient (Wildman–Crippen LogP) is 3.09. The molecule has 0 atom stereocenters. The number of hydrogen-bond acceptors (Lipinski definition) is 3. The molecule has 4 heteroatoms. The van der Waals surface area contributed by atoms with Crippen LogP contribution in [0.5, 0.6) is 0 Å². The first-order chi connectivity index (χ1) is 9.65. The number of hydrogen-bond donors (Lipinski definition) is 1. The number of fused-ring (bicyclic) bond motifs is 1. The molecule has 3 rings (SSSR count). The van der Waals surface area contributed by atoms with E-state index < -0.39 is 5.97 Å². The third-order valence-electron chi connectivity index (χ3n) is 3.67. The van der Waals surface area contributed by atoms with Crippen molar-refractivity contribution in [1.82, 2.24) is 4.98 Å². The molecule has 0 radical (unpaired) electrons. The Labute approximate surface area is 117 Å². The number of carboxylic acids is 1. The van der Waals surface area contributed by atoms with Gasteiger partial charge in [0.1, 0.15) is 11.4 Å². The van der Waals surface area contributed by atoms with Crippen molar-refractivity contribution in [2.24, 2.45) is 0 Å². The van der Waals surface area contributed by atoms with Crippen LogP contribution in [0.2, 0.25) is 0 Å². The molecule has 0 saturated carbocycles. The maximum atomic E-state index is 11.5. The molecule has 0 aliphatic carbocycles. The molecule has 0 fully saturated rings. The van der Waals surface area contributed by atoms with E-state index in [-0.39, 0.29) is 5.56 Å². The first kappa shape index (κ1) is 12.7. The minimum absolute atomic E-state index is 0.275. The number of carbonyl (C=O) groups is 1. The molecule has 1 N–H and O–H groups in total. The summed E-state index contributed by atoms with van der Waals surface area (Å²) >= 11 is 0. The number of nitrogens with zero attached hydrogens (tertiary/aromatic N) is 2. The number of rotatable bonds is 2. The summed E-state index contributed by atoms with van der Waals surface area (Å²) in [6.07, 6.45) is 3.08. The van der Waals surface area contributed by atoms with Gasteiger partial charge in [0.2, 0.25) is 0 Å². The van der Waals surface area contributed by atoms with Crippen LogP contribution in [-0.4, -0.2) is 29.1 Å². The molecule has 102 valence electrons. The number of carboxylic acid groups (broad SMARTS) is 1. The second-order valence-corrected chi connectivity index (χ2v) is 5.10. The van der Waals surface area contributed by atoms with Gasteiger partial charge in [0.25, 0.3) is 0 Å². The van der Waals surface area contributed by atoms with Crippen LogP contribution in [-0.2, 0) is 0 Å². The van der Waals surface area contributed by atoms with Crippen LogP contribution in [0.25, 0.3) is 10.9 Å². The predicted molar refractivity (Wildman–Crippen MR) is 79.3 cm³/mol. The lowest BCUT2D eigenvalue weighted by Gasteiger charge is -2.27. The third kappa shape index (κ3) is 2.25. The molecule has 0 saturated heterocycles. The Kier molecular flexibility index (Phi) is 3.14. The normalized spacial score (nSPS) is 15.2. The van der Waals surface area contributed by atoms with E-state index >= 15 is 0 Å². The van der Waals surface area contributed by atoms with Crippen molar-refractivity contribution >= 4 is 22.7 Å². The molecule has 0 unspecified atom stereocenters. The van der Waals surface area contributed by atoms with Crippen molar-refractivity contribution in [2.45, 2.75) is 13.3 Å². The molecule has 0 amide bonds. The zero-order valence-corrected chi connectivity index (χ0v) is 11.3. The first-order valence-electron chi connectivity index (χ1n) is 6.69. The summed E-state index contributed by atoms with van der Waals surface area (Å²) < 4.78 is 0. The molecular formula is C16H16N2O2. The number of para-hydroxylation sites is 1. The SMILES string of the molecule is CC1=CCN(c2nc3ccccc3cc2C(=O)O)CC1. The fourth-order valence-corrected chi connectivity index (χ4v) is 2.47. The number of anilines is 1. The summed E-state index contributed by atoms with van der Waals surface area (Å²) in [5, 5.41) is 10.3. The minimum Gasteiger partial charge on any atom is -0.478 e. The zero-order valence-electron chi connectivity index (χ0n) is 11.3. The van der Waals surface area contributed by atoms with Gasteiger partial charge in [0, 0.05) is 18.5 Å². The molecule has 2 aromatic rings. The zero-order chi connectivity index (χ0) is 14.1. The molecule has 0 bridgehead atoms. The van der Waals surface area contributed by atoms with E-state index in [1.807, 2.05) is 29.2 Å². The molecule has 1 aliphatic heterocycles. The molecule has 1 aromatic heterocycles. The van der Waals surface area contributed by atoms with Crippen molar-refractivity contribution in [3.8, 4) is 0 Å². The highest BCUT2D eigenvalue weighted by Gasteiger charge is 2.20. The fraction of sp³-hybridized carbons (Fsp3) is 0.250. The van der Waals surface area contributed by atoms with Crippen LogP contribution in [0.4, 0.5) is 5.82 Å². The van der Waals surface area contributed by atoms with Gasteiger partial charge in [-0.15, -0.1) is 0 Å². The summed E-state index contributed by atoms with van der Waals surface area (Å²) in [5.41, 5.74) is 2.45. The molecule has 4 nitrogen and oxygen atoms in total. The second kappa shape index (κ2) is 4.96. The van der Waals surface area contributed by atoms with E-state index in [0.29, 0.717) is 5.82 Å². The van der Waals surface area contributed by atoms with Gasteiger partial charge in [0.15, 0.2) is 0 Å². The monoisotopic (exact) mass is 268 g/mol. The van der Waals surface area contributed by atoms with Gasteiger partial charge >= 0.3 is 5.97 Å². The van der Waals surface area contributed by atoms with Crippen LogP contribution in [0.1, 0.15) is 23.7 Å². The Morgan fingerprint density at radius 3 is 2.85 bits per heavy atom.